The van der Waals surface area contributed by atoms with Crippen molar-refractivity contribution in [3.05, 3.63) is 68.7 Å². The molecule has 106 valence electrons. The average Bonchev–Trinajstić information content (AvgIpc) is 2.48. The van der Waals surface area contributed by atoms with E-state index >= 15 is 0 Å². The second-order valence-corrected chi connectivity index (χ2v) is 6.00. The molecule has 20 heavy (non-hydrogen) atoms. The van der Waals surface area contributed by atoms with Gasteiger partial charge in [0.1, 0.15) is 6.10 Å². The molecule has 1 atom stereocenters. The summed E-state index contributed by atoms with van der Waals surface area (Å²) in [5, 5.41) is 10.6. The fraction of sp³-hybridized carbons (Fsp3) is 0.333. The molecular formula is C18H21BrO. The maximum Gasteiger partial charge on any atom is 0.104 e. The minimum atomic E-state index is -0.567. The van der Waals surface area contributed by atoms with Crippen LogP contribution < -0.4 is 0 Å². The van der Waals surface area contributed by atoms with Crippen LogP contribution in [0.4, 0.5) is 0 Å². The Kier molecular flexibility index (Phi) is 5.00. The molecule has 2 aromatic rings. The maximum absolute atomic E-state index is 10.6. The first-order valence-corrected chi connectivity index (χ1v) is 7.91. The van der Waals surface area contributed by atoms with Gasteiger partial charge in [-0.2, -0.15) is 0 Å². The van der Waals surface area contributed by atoms with E-state index in [-0.39, 0.29) is 0 Å². The second kappa shape index (κ2) is 6.55. The molecule has 0 radical (unpaired) electrons. The third kappa shape index (κ3) is 3.13. The first-order chi connectivity index (χ1) is 9.56. The molecule has 1 N–H and O–H groups in total. The van der Waals surface area contributed by atoms with E-state index in [0.29, 0.717) is 0 Å². The molecular weight excluding hydrogens is 312 g/mol. The summed E-state index contributed by atoms with van der Waals surface area (Å²) >= 11 is 3.53. The van der Waals surface area contributed by atoms with Crippen LogP contribution in [0.1, 0.15) is 47.8 Å². The second-order valence-electron chi connectivity index (χ2n) is 5.15. The smallest absolute Gasteiger partial charge is 0.104 e. The lowest BCUT2D eigenvalue weighted by Crippen LogP contribution is -2.02. The summed E-state index contributed by atoms with van der Waals surface area (Å²) in [6.45, 7) is 6.38. The molecule has 2 rings (SSSR count). The summed E-state index contributed by atoms with van der Waals surface area (Å²) in [5.74, 6) is 0. The molecule has 0 aromatic heterocycles. The highest BCUT2D eigenvalue weighted by molar-refractivity contribution is 9.10. The van der Waals surface area contributed by atoms with E-state index in [2.05, 4.69) is 41.9 Å². The molecule has 0 fully saturated rings. The van der Waals surface area contributed by atoms with Crippen molar-refractivity contribution in [1.82, 2.24) is 0 Å². The molecule has 0 saturated heterocycles. The minimum Gasteiger partial charge on any atom is -0.384 e. The fourth-order valence-corrected chi connectivity index (χ4v) is 2.86. The van der Waals surface area contributed by atoms with E-state index in [4.69, 9.17) is 0 Å². The minimum absolute atomic E-state index is 0.567. The van der Waals surface area contributed by atoms with Crippen LogP contribution in [0.2, 0.25) is 0 Å². The highest BCUT2D eigenvalue weighted by atomic mass is 79.9. The molecule has 0 aliphatic rings. The summed E-state index contributed by atoms with van der Waals surface area (Å²) in [4.78, 5) is 0. The van der Waals surface area contributed by atoms with Crippen molar-refractivity contribution < 1.29 is 5.11 Å². The predicted molar refractivity (Wildman–Crippen MR) is 88.1 cm³/mol. The van der Waals surface area contributed by atoms with Crippen molar-refractivity contribution in [3.63, 3.8) is 0 Å². The highest BCUT2D eigenvalue weighted by Gasteiger charge is 2.13. The summed E-state index contributed by atoms with van der Waals surface area (Å²) in [6, 6.07) is 12.3. The lowest BCUT2D eigenvalue weighted by Gasteiger charge is -2.15. The zero-order valence-electron chi connectivity index (χ0n) is 12.3. The van der Waals surface area contributed by atoms with Gasteiger partial charge in [0.2, 0.25) is 0 Å². The van der Waals surface area contributed by atoms with Gasteiger partial charge in [-0.3, -0.25) is 0 Å². The number of rotatable bonds is 4. The average molecular weight is 333 g/mol. The number of aliphatic hydroxyl groups is 1. The Morgan fingerprint density at radius 1 is 0.950 bits per heavy atom. The third-order valence-electron chi connectivity index (χ3n) is 3.82. The number of hydrogen-bond donors (Lipinski definition) is 1. The lowest BCUT2D eigenvalue weighted by molar-refractivity contribution is 0.220. The number of hydrogen-bond acceptors (Lipinski definition) is 1. The number of halogens is 1. The largest absolute Gasteiger partial charge is 0.384 e. The van der Waals surface area contributed by atoms with Crippen molar-refractivity contribution in [3.8, 4) is 0 Å². The summed E-state index contributed by atoms with van der Waals surface area (Å²) < 4.78 is 1.04. The van der Waals surface area contributed by atoms with Gasteiger partial charge >= 0.3 is 0 Å². The van der Waals surface area contributed by atoms with Crippen LogP contribution in [0.3, 0.4) is 0 Å². The number of aryl methyl sites for hydroxylation is 3. The monoisotopic (exact) mass is 332 g/mol. The molecule has 0 amide bonds. The predicted octanol–water partition coefficient (Wildman–Crippen LogP) is 4.96. The molecule has 0 saturated carbocycles. The van der Waals surface area contributed by atoms with E-state index in [0.717, 1.165) is 28.4 Å². The van der Waals surface area contributed by atoms with Crippen LogP contribution in [0.5, 0.6) is 0 Å². The van der Waals surface area contributed by atoms with Crippen LogP contribution in [-0.2, 0) is 12.8 Å². The van der Waals surface area contributed by atoms with Crippen molar-refractivity contribution in [2.24, 2.45) is 0 Å². The lowest BCUT2D eigenvalue weighted by atomic mass is 9.94. The van der Waals surface area contributed by atoms with Gasteiger partial charge in [-0.05, 0) is 53.6 Å². The Hall–Kier alpha value is -1.12. The topological polar surface area (TPSA) is 20.2 Å². The Balaban J connectivity index is 2.37. The van der Waals surface area contributed by atoms with E-state index < -0.39 is 6.10 Å². The molecule has 1 unspecified atom stereocenters. The quantitative estimate of drug-likeness (QED) is 0.838. The van der Waals surface area contributed by atoms with Crippen molar-refractivity contribution in [2.45, 2.75) is 39.7 Å². The van der Waals surface area contributed by atoms with Gasteiger partial charge in [-0.15, -0.1) is 0 Å². The fourth-order valence-electron chi connectivity index (χ4n) is 2.46. The zero-order valence-corrected chi connectivity index (χ0v) is 13.9. The Morgan fingerprint density at radius 2 is 1.55 bits per heavy atom. The molecule has 2 aromatic carbocycles. The Morgan fingerprint density at radius 3 is 2.15 bits per heavy atom. The van der Waals surface area contributed by atoms with Crippen LogP contribution in [0.15, 0.2) is 40.9 Å². The van der Waals surface area contributed by atoms with E-state index in [1.807, 2.05) is 31.2 Å². The maximum atomic E-state index is 10.6. The summed E-state index contributed by atoms with van der Waals surface area (Å²) in [7, 11) is 0. The standard InChI is InChI=1S/C18H21BrO/c1-4-13-8-9-15(10-14(13)5-2)18(20)16-7-6-12(3)17(19)11-16/h6-11,18,20H,4-5H2,1-3H3. The van der Waals surface area contributed by atoms with Gasteiger partial charge in [0.15, 0.2) is 0 Å². The van der Waals surface area contributed by atoms with Gasteiger partial charge in [0, 0.05) is 4.47 Å². The van der Waals surface area contributed by atoms with Crippen LogP contribution in [0.25, 0.3) is 0 Å². The normalized spacial score (nSPS) is 12.4. The van der Waals surface area contributed by atoms with Crippen molar-refractivity contribution in [1.29, 1.82) is 0 Å². The molecule has 0 bridgehead atoms. The molecule has 2 heteroatoms. The van der Waals surface area contributed by atoms with Gasteiger partial charge in [-0.25, -0.2) is 0 Å². The number of benzene rings is 2. The Bertz CT molecular complexity index is 604. The molecule has 1 nitrogen and oxygen atoms in total. The van der Waals surface area contributed by atoms with Gasteiger partial charge < -0.3 is 5.11 Å². The third-order valence-corrected chi connectivity index (χ3v) is 4.67. The molecule has 0 heterocycles. The SMILES string of the molecule is CCc1ccc(C(O)c2ccc(C)c(Br)c2)cc1CC. The van der Waals surface area contributed by atoms with Gasteiger partial charge in [0.05, 0.1) is 0 Å². The molecule has 0 spiro atoms. The van der Waals surface area contributed by atoms with Crippen molar-refractivity contribution in [2.75, 3.05) is 0 Å². The highest BCUT2D eigenvalue weighted by Crippen LogP contribution is 2.28. The van der Waals surface area contributed by atoms with Crippen LogP contribution in [-0.4, -0.2) is 5.11 Å². The van der Waals surface area contributed by atoms with Gasteiger partial charge in [-0.1, -0.05) is 60.1 Å². The van der Waals surface area contributed by atoms with E-state index in [1.54, 1.807) is 0 Å². The molecule has 0 aliphatic heterocycles. The first kappa shape index (κ1) is 15.3. The van der Waals surface area contributed by atoms with Gasteiger partial charge in [0.25, 0.3) is 0 Å². The molecule has 0 aliphatic carbocycles. The van der Waals surface area contributed by atoms with E-state index in [9.17, 15) is 5.11 Å². The summed E-state index contributed by atoms with van der Waals surface area (Å²) in [5.41, 5.74) is 5.77. The van der Waals surface area contributed by atoms with Crippen LogP contribution in [0, 0.1) is 6.92 Å². The first-order valence-electron chi connectivity index (χ1n) is 7.12. The zero-order chi connectivity index (χ0) is 14.7. The number of aliphatic hydroxyl groups excluding tert-OH is 1. The summed E-state index contributed by atoms with van der Waals surface area (Å²) in [6.07, 6.45) is 1.47. The Labute approximate surface area is 129 Å². The van der Waals surface area contributed by atoms with Crippen molar-refractivity contribution >= 4 is 15.9 Å². The van der Waals surface area contributed by atoms with Crippen LogP contribution >= 0.6 is 15.9 Å². The van der Waals surface area contributed by atoms with E-state index in [1.165, 1.54) is 16.7 Å².